The molecule has 1 aromatic carbocycles. The number of ether oxygens (including phenoxy) is 1. The predicted octanol–water partition coefficient (Wildman–Crippen LogP) is 2.79. The van der Waals surface area contributed by atoms with Gasteiger partial charge in [-0.05, 0) is 44.5 Å². The smallest absolute Gasteiger partial charge is 0.289 e. The van der Waals surface area contributed by atoms with Crippen molar-refractivity contribution in [3.05, 3.63) is 41.4 Å². The van der Waals surface area contributed by atoms with Crippen molar-refractivity contribution in [2.24, 2.45) is 0 Å². The molecule has 1 N–H and O–H groups in total. The Kier molecular flexibility index (Phi) is 7.85. The Morgan fingerprint density at radius 2 is 2.00 bits per heavy atom. The zero-order valence-electron chi connectivity index (χ0n) is 17.9. The molecule has 0 bridgehead atoms. The summed E-state index contributed by atoms with van der Waals surface area (Å²) in [6.07, 6.45) is 4.96. The number of benzene rings is 1. The molecule has 3 rings (SSSR count). The van der Waals surface area contributed by atoms with Crippen LogP contribution in [0.15, 0.2) is 30.0 Å². The number of hydrogen-bond acceptors (Lipinski definition) is 4. The van der Waals surface area contributed by atoms with E-state index in [0.717, 1.165) is 45.3 Å². The third-order valence-corrected chi connectivity index (χ3v) is 5.97. The average molecular weight is 418 g/mol. The van der Waals surface area contributed by atoms with Crippen LogP contribution in [-0.2, 0) is 14.3 Å². The summed E-state index contributed by atoms with van der Waals surface area (Å²) in [6.45, 7) is 7.36. The molecule has 1 aliphatic carbocycles. The van der Waals surface area contributed by atoms with Crippen LogP contribution >= 0.6 is 0 Å². The first kappa shape index (κ1) is 22.3. The monoisotopic (exact) mass is 417 g/mol. The molecule has 0 aromatic heterocycles. The highest BCUT2D eigenvalue weighted by Gasteiger charge is 2.42. The quantitative estimate of drug-likeness (QED) is 0.661. The van der Waals surface area contributed by atoms with Crippen LogP contribution in [0.3, 0.4) is 0 Å². The first-order valence-electron chi connectivity index (χ1n) is 11.0. The van der Waals surface area contributed by atoms with E-state index < -0.39 is 5.82 Å². The Bertz CT molecular complexity index is 779. The fourth-order valence-corrected chi connectivity index (χ4v) is 4.20. The highest BCUT2D eigenvalue weighted by atomic mass is 19.1. The number of morpholine rings is 1. The number of nitrogens with one attached hydrogen (secondary N) is 1. The summed E-state index contributed by atoms with van der Waals surface area (Å²) >= 11 is 0. The number of carbonyl (C=O) groups is 2. The first-order valence-corrected chi connectivity index (χ1v) is 11.0. The SMILES string of the molecule is CCN(CC)CCNC(=O)CN1C(=O)/C(=C/c2ccccc2F)OC2CCCCC21. The van der Waals surface area contributed by atoms with Crippen LogP contribution in [0.5, 0.6) is 0 Å². The molecule has 2 amide bonds. The van der Waals surface area contributed by atoms with Gasteiger partial charge in [0.05, 0.1) is 6.04 Å². The van der Waals surface area contributed by atoms with Gasteiger partial charge in [-0.3, -0.25) is 9.59 Å². The van der Waals surface area contributed by atoms with Crippen molar-refractivity contribution in [1.82, 2.24) is 15.1 Å². The summed E-state index contributed by atoms with van der Waals surface area (Å²) in [4.78, 5) is 29.5. The molecular weight excluding hydrogens is 385 g/mol. The van der Waals surface area contributed by atoms with Gasteiger partial charge in [-0.15, -0.1) is 0 Å². The molecule has 7 heteroatoms. The van der Waals surface area contributed by atoms with Gasteiger partial charge in [-0.2, -0.15) is 0 Å². The number of rotatable bonds is 8. The van der Waals surface area contributed by atoms with Crippen LogP contribution in [0.4, 0.5) is 4.39 Å². The van der Waals surface area contributed by atoms with E-state index in [-0.39, 0.29) is 36.3 Å². The molecule has 1 saturated carbocycles. The number of fused-ring (bicyclic) bond motifs is 1. The summed E-state index contributed by atoms with van der Waals surface area (Å²) in [5.74, 6) is -0.820. The second kappa shape index (κ2) is 10.6. The standard InChI is InChI=1S/C23H32FN3O3/c1-3-26(4-2)14-13-25-22(28)16-27-19-11-7-8-12-20(19)30-21(23(27)29)15-17-9-5-6-10-18(17)24/h5-6,9-10,15,19-20H,3-4,7-8,11-14,16H2,1-2H3,(H,25,28)/b21-15-. The van der Waals surface area contributed by atoms with Gasteiger partial charge in [-0.1, -0.05) is 38.5 Å². The largest absolute Gasteiger partial charge is 0.482 e. The third kappa shape index (κ3) is 5.39. The molecule has 2 aliphatic rings. The third-order valence-electron chi connectivity index (χ3n) is 5.97. The van der Waals surface area contributed by atoms with Crippen molar-refractivity contribution in [1.29, 1.82) is 0 Å². The summed E-state index contributed by atoms with van der Waals surface area (Å²) in [7, 11) is 0. The van der Waals surface area contributed by atoms with E-state index in [9.17, 15) is 14.0 Å². The molecule has 1 heterocycles. The van der Waals surface area contributed by atoms with E-state index in [1.807, 2.05) is 0 Å². The van der Waals surface area contributed by atoms with Crippen LogP contribution < -0.4 is 5.32 Å². The zero-order valence-corrected chi connectivity index (χ0v) is 17.9. The number of hydrogen-bond donors (Lipinski definition) is 1. The lowest BCUT2D eigenvalue weighted by Crippen LogP contribution is -2.57. The molecule has 164 valence electrons. The zero-order chi connectivity index (χ0) is 21.5. The van der Waals surface area contributed by atoms with Crippen molar-refractivity contribution in [2.75, 3.05) is 32.7 Å². The average Bonchev–Trinajstić information content (AvgIpc) is 2.75. The topological polar surface area (TPSA) is 61.9 Å². The summed E-state index contributed by atoms with van der Waals surface area (Å²) in [5, 5.41) is 2.92. The number of nitrogens with zero attached hydrogens (tertiary/aromatic N) is 2. The van der Waals surface area contributed by atoms with Crippen LogP contribution in [0.2, 0.25) is 0 Å². The molecule has 2 unspecified atom stereocenters. The van der Waals surface area contributed by atoms with Crippen LogP contribution in [0.1, 0.15) is 45.1 Å². The minimum atomic E-state index is -0.409. The second-order valence-corrected chi connectivity index (χ2v) is 7.85. The normalized spacial score (nSPS) is 22.7. The number of likely N-dealkylation sites (N-methyl/N-ethyl adjacent to an activating group) is 1. The fraction of sp³-hybridized carbons (Fsp3) is 0.565. The number of amides is 2. The molecule has 1 aliphatic heterocycles. The molecule has 2 fully saturated rings. The lowest BCUT2D eigenvalue weighted by molar-refractivity contribution is -0.151. The van der Waals surface area contributed by atoms with Gasteiger partial charge >= 0.3 is 0 Å². The number of carbonyl (C=O) groups excluding carboxylic acids is 2. The first-order chi connectivity index (χ1) is 14.5. The maximum atomic E-state index is 14.1. The van der Waals surface area contributed by atoms with Crippen LogP contribution in [-0.4, -0.2) is 66.5 Å². The maximum absolute atomic E-state index is 14.1. The molecule has 6 nitrogen and oxygen atoms in total. The fourth-order valence-electron chi connectivity index (χ4n) is 4.20. The minimum absolute atomic E-state index is 0.00375. The summed E-state index contributed by atoms with van der Waals surface area (Å²) in [5.41, 5.74) is 0.304. The molecule has 2 atom stereocenters. The van der Waals surface area contributed by atoms with Crippen molar-refractivity contribution in [3.63, 3.8) is 0 Å². The van der Waals surface area contributed by atoms with Crippen molar-refractivity contribution < 1.29 is 18.7 Å². The molecular formula is C23H32FN3O3. The van der Waals surface area contributed by atoms with E-state index in [0.29, 0.717) is 12.1 Å². The van der Waals surface area contributed by atoms with Crippen LogP contribution in [0, 0.1) is 5.82 Å². The van der Waals surface area contributed by atoms with Crippen molar-refractivity contribution in [2.45, 2.75) is 51.7 Å². The minimum Gasteiger partial charge on any atom is -0.482 e. The van der Waals surface area contributed by atoms with Gasteiger partial charge in [0.2, 0.25) is 5.91 Å². The second-order valence-electron chi connectivity index (χ2n) is 7.85. The van der Waals surface area contributed by atoms with Gasteiger partial charge in [0, 0.05) is 18.7 Å². The highest BCUT2D eigenvalue weighted by Crippen LogP contribution is 2.33. The van der Waals surface area contributed by atoms with Gasteiger partial charge in [0.25, 0.3) is 5.91 Å². The van der Waals surface area contributed by atoms with Crippen molar-refractivity contribution in [3.8, 4) is 0 Å². The Morgan fingerprint density at radius 3 is 2.73 bits per heavy atom. The Balaban J connectivity index is 1.71. The maximum Gasteiger partial charge on any atom is 0.289 e. The van der Waals surface area contributed by atoms with Gasteiger partial charge in [-0.25, -0.2) is 4.39 Å². The molecule has 1 aromatic rings. The van der Waals surface area contributed by atoms with E-state index in [2.05, 4.69) is 24.1 Å². The van der Waals surface area contributed by atoms with Crippen molar-refractivity contribution >= 4 is 17.9 Å². The Hall–Kier alpha value is -2.41. The Morgan fingerprint density at radius 1 is 1.27 bits per heavy atom. The highest BCUT2D eigenvalue weighted by molar-refractivity contribution is 5.98. The molecule has 0 radical (unpaired) electrons. The van der Waals surface area contributed by atoms with E-state index in [4.69, 9.17) is 4.74 Å². The van der Waals surface area contributed by atoms with E-state index >= 15 is 0 Å². The molecule has 1 saturated heterocycles. The lowest BCUT2D eigenvalue weighted by Gasteiger charge is -2.44. The van der Waals surface area contributed by atoms with E-state index in [1.54, 1.807) is 23.1 Å². The predicted molar refractivity (Wildman–Crippen MR) is 114 cm³/mol. The van der Waals surface area contributed by atoms with Gasteiger partial charge in [0.1, 0.15) is 18.5 Å². The van der Waals surface area contributed by atoms with Gasteiger partial charge in [0.15, 0.2) is 5.76 Å². The van der Waals surface area contributed by atoms with Gasteiger partial charge < -0.3 is 19.9 Å². The molecule has 0 spiro atoms. The molecule has 30 heavy (non-hydrogen) atoms. The number of halogens is 1. The summed E-state index contributed by atoms with van der Waals surface area (Å²) < 4.78 is 20.1. The lowest BCUT2D eigenvalue weighted by atomic mass is 9.89. The van der Waals surface area contributed by atoms with E-state index in [1.165, 1.54) is 12.1 Å². The Labute approximate surface area is 178 Å². The van der Waals surface area contributed by atoms with Crippen LogP contribution in [0.25, 0.3) is 6.08 Å². The summed E-state index contributed by atoms with van der Waals surface area (Å²) in [6, 6.07) is 6.17.